The summed E-state index contributed by atoms with van der Waals surface area (Å²) < 4.78 is 6.14. The molecule has 0 saturated heterocycles. The molecule has 0 atom stereocenters. The number of fused-ring (bicyclic) bond motifs is 5. The maximum absolute atomic E-state index is 6.69. The Bertz CT molecular complexity index is 2420. The van der Waals surface area contributed by atoms with Gasteiger partial charge >= 0.3 is 0 Å². The zero-order chi connectivity index (χ0) is 30.2. The summed E-state index contributed by atoms with van der Waals surface area (Å²) in [7, 11) is 0. The Kier molecular flexibility index (Phi) is 6.65. The fraction of sp³-hybridized carbons (Fsp3) is 0.0244. The van der Waals surface area contributed by atoms with Gasteiger partial charge in [-0.15, -0.1) is 0 Å². The van der Waals surface area contributed by atoms with Crippen molar-refractivity contribution in [1.29, 1.82) is 0 Å². The molecule has 0 unspecified atom stereocenters. The minimum Gasteiger partial charge on any atom is -0.456 e. The van der Waals surface area contributed by atoms with Crippen LogP contribution in [0.25, 0.3) is 54.6 Å². The quantitative estimate of drug-likeness (QED) is 0.163. The lowest BCUT2D eigenvalue weighted by Gasteiger charge is -2.09. The van der Waals surface area contributed by atoms with Crippen LogP contribution in [0.3, 0.4) is 0 Å². The number of benzene rings is 7. The number of nitrogens with two attached hydrogens (primary N) is 1. The monoisotopic (exact) mass is 579 g/mol. The van der Waals surface area contributed by atoms with Crippen LogP contribution in [0.2, 0.25) is 0 Å². The lowest BCUT2D eigenvalue weighted by Crippen LogP contribution is -2.16. The summed E-state index contributed by atoms with van der Waals surface area (Å²) >= 11 is 0. The highest BCUT2D eigenvalue weighted by molar-refractivity contribution is 6.13. The van der Waals surface area contributed by atoms with Gasteiger partial charge < -0.3 is 10.2 Å². The second-order valence-electron chi connectivity index (χ2n) is 11.2. The van der Waals surface area contributed by atoms with E-state index in [1.165, 1.54) is 11.1 Å². The summed E-state index contributed by atoms with van der Waals surface area (Å²) in [5.74, 6) is 1.01. The molecule has 0 aliphatic rings. The van der Waals surface area contributed by atoms with Gasteiger partial charge in [-0.2, -0.15) is 0 Å². The van der Waals surface area contributed by atoms with Crippen LogP contribution in [0.5, 0.6) is 0 Å². The van der Waals surface area contributed by atoms with Crippen molar-refractivity contribution < 1.29 is 4.42 Å². The Balaban J connectivity index is 1.23. The molecule has 0 amide bonds. The molecule has 7 aromatic carbocycles. The topological polar surface area (TPSA) is 63.9 Å². The van der Waals surface area contributed by atoms with Gasteiger partial charge in [-0.05, 0) is 68.6 Å². The van der Waals surface area contributed by atoms with Gasteiger partial charge in [0.25, 0.3) is 0 Å². The van der Waals surface area contributed by atoms with E-state index in [-0.39, 0.29) is 0 Å². The predicted octanol–water partition coefficient (Wildman–Crippen LogP) is 9.91. The number of hydrogen-bond donors (Lipinski definition) is 1. The van der Waals surface area contributed by atoms with Gasteiger partial charge in [0.15, 0.2) is 5.84 Å². The minimum atomic E-state index is 0.422. The van der Waals surface area contributed by atoms with Crippen molar-refractivity contribution in [1.82, 2.24) is 0 Å². The van der Waals surface area contributed by atoms with Gasteiger partial charge in [0.2, 0.25) is 0 Å². The summed E-state index contributed by atoms with van der Waals surface area (Å²) in [6.07, 6.45) is 0. The van der Waals surface area contributed by atoms with Crippen LogP contribution in [0.1, 0.15) is 16.7 Å². The zero-order valence-corrected chi connectivity index (χ0v) is 24.5. The van der Waals surface area contributed by atoms with Crippen molar-refractivity contribution in [3.05, 3.63) is 168 Å². The minimum absolute atomic E-state index is 0.422. The summed E-state index contributed by atoms with van der Waals surface area (Å²) in [4.78, 5) is 10.1. The Hall–Kier alpha value is -6.00. The van der Waals surface area contributed by atoms with E-state index < -0.39 is 0 Å². The van der Waals surface area contributed by atoms with Gasteiger partial charge in [0.05, 0.1) is 6.54 Å². The first-order valence-electron chi connectivity index (χ1n) is 15.1. The molecule has 1 aromatic heterocycles. The molecule has 2 N–H and O–H groups in total. The standard InChI is InChI=1S/C41H29N3O/c42-40(33-21-17-28-11-4-5-12-29(28)24-33)44-41(43-26-35-13-8-16-38-39(35)36-14-6-7-15-37(36)45-38)34-22-20-31-23-30(18-19-32(31)25-34)27-9-2-1-3-10-27/h1-25H,26H2,(H2,42,43,44). The van der Waals surface area contributed by atoms with Crippen LogP contribution in [-0.2, 0) is 6.54 Å². The Labute approximate surface area is 260 Å². The first-order chi connectivity index (χ1) is 22.2. The fourth-order valence-electron chi connectivity index (χ4n) is 6.05. The number of para-hydroxylation sites is 1. The summed E-state index contributed by atoms with van der Waals surface area (Å²) in [6.45, 7) is 0.426. The third kappa shape index (κ3) is 5.13. The van der Waals surface area contributed by atoms with E-state index in [0.29, 0.717) is 18.2 Å². The molecule has 45 heavy (non-hydrogen) atoms. The summed E-state index contributed by atoms with van der Waals surface area (Å²) in [5, 5.41) is 6.70. The number of hydrogen-bond acceptors (Lipinski definition) is 2. The molecule has 8 aromatic rings. The molecule has 0 aliphatic heterocycles. The smallest absolute Gasteiger partial charge is 0.157 e. The molecule has 214 valence electrons. The van der Waals surface area contributed by atoms with Crippen molar-refractivity contribution in [2.24, 2.45) is 15.7 Å². The molecule has 8 rings (SSSR count). The average molecular weight is 580 g/mol. The largest absolute Gasteiger partial charge is 0.456 e. The van der Waals surface area contributed by atoms with Crippen molar-refractivity contribution in [3.8, 4) is 11.1 Å². The maximum Gasteiger partial charge on any atom is 0.157 e. The van der Waals surface area contributed by atoms with Crippen molar-refractivity contribution in [2.75, 3.05) is 0 Å². The van der Waals surface area contributed by atoms with E-state index in [0.717, 1.165) is 60.2 Å². The zero-order valence-electron chi connectivity index (χ0n) is 24.5. The van der Waals surface area contributed by atoms with Gasteiger partial charge in [0.1, 0.15) is 17.0 Å². The van der Waals surface area contributed by atoms with Gasteiger partial charge in [-0.1, -0.05) is 121 Å². The van der Waals surface area contributed by atoms with E-state index in [1.807, 2.05) is 54.6 Å². The van der Waals surface area contributed by atoms with Crippen molar-refractivity contribution in [3.63, 3.8) is 0 Å². The average Bonchev–Trinajstić information content (AvgIpc) is 3.49. The maximum atomic E-state index is 6.69. The summed E-state index contributed by atoms with van der Waals surface area (Å²) in [5.41, 5.74) is 13.6. The molecular formula is C41H29N3O. The number of amidine groups is 2. The number of rotatable bonds is 5. The highest BCUT2D eigenvalue weighted by Crippen LogP contribution is 2.32. The van der Waals surface area contributed by atoms with Crippen molar-refractivity contribution >= 4 is 55.2 Å². The van der Waals surface area contributed by atoms with E-state index in [9.17, 15) is 0 Å². The van der Waals surface area contributed by atoms with Gasteiger partial charge in [-0.25, -0.2) is 4.99 Å². The number of nitrogens with zero attached hydrogens (tertiary/aromatic N) is 2. The van der Waals surface area contributed by atoms with Gasteiger partial charge in [0, 0.05) is 21.9 Å². The fourth-order valence-corrected chi connectivity index (χ4v) is 6.05. The Morgan fingerprint density at radius 2 is 1.20 bits per heavy atom. The second kappa shape index (κ2) is 11.3. The molecule has 4 heteroatoms. The predicted molar refractivity (Wildman–Crippen MR) is 188 cm³/mol. The lowest BCUT2D eigenvalue weighted by atomic mass is 9.99. The first-order valence-corrected chi connectivity index (χ1v) is 15.1. The molecule has 0 bridgehead atoms. The van der Waals surface area contributed by atoms with Crippen LogP contribution in [0, 0.1) is 0 Å². The summed E-state index contributed by atoms with van der Waals surface area (Å²) in [6, 6.07) is 52.0. The van der Waals surface area contributed by atoms with Crippen LogP contribution in [-0.4, -0.2) is 11.7 Å². The molecular weight excluding hydrogens is 550 g/mol. The number of aliphatic imine (C=N–C) groups is 2. The molecule has 0 aliphatic carbocycles. The van der Waals surface area contributed by atoms with Crippen LogP contribution in [0.15, 0.2) is 166 Å². The van der Waals surface area contributed by atoms with Crippen molar-refractivity contribution in [2.45, 2.75) is 6.54 Å². The highest BCUT2D eigenvalue weighted by atomic mass is 16.3. The third-order valence-corrected chi connectivity index (χ3v) is 8.37. The van der Waals surface area contributed by atoms with Crippen LogP contribution < -0.4 is 5.73 Å². The molecule has 0 radical (unpaired) electrons. The lowest BCUT2D eigenvalue weighted by molar-refractivity contribution is 0.668. The molecule has 1 heterocycles. The molecule has 0 spiro atoms. The Morgan fingerprint density at radius 1 is 0.533 bits per heavy atom. The van der Waals surface area contributed by atoms with E-state index in [2.05, 4.69) is 97.1 Å². The second-order valence-corrected chi connectivity index (χ2v) is 11.2. The third-order valence-electron chi connectivity index (χ3n) is 8.37. The highest BCUT2D eigenvalue weighted by Gasteiger charge is 2.12. The number of furan rings is 1. The van der Waals surface area contributed by atoms with Gasteiger partial charge in [-0.3, -0.25) is 4.99 Å². The molecule has 4 nitrogen and oxygen atoms in total. The molecule has 0 fully saturated rings. The normalized spacial score (nSPS) is 12.4. The van der Waals surface area contributed by atoms with E-state index >= 15 is 0 Å². The van der Waals surface area contributed by atoms with E-state index in [4.69, 9.17) is 20.1 Å². The Morgan fingerprint density at radius 3 is 2.11 bits per heavy atom. The molecule has 0 saturated carbocycles. The van der Waals surface area contributed by atoms with Crippen LogP contribution in [0.4, 0.5) is 0 Å². The SMILES string of the molecule is NC(=NC(=NCc1cccc2oc3ccccc3c12)c1ccc2cc(-c3ccccc3)ccc2c1)c1ccc2ccccc2c1. The first kappa shape index (κ1) is 26.6. The van der Waals surface area contributed by atoms with Crippen LogP contribution >= 0.6 is 0 Å². The van der Waals surface area contributed by atoms with E-state index in [1.54, 1.807) is 0 Å².